The minimum Gasteiger partial charge on any atom is -0.390 e. The van der Waals surface area contributed by atoms with Crippen molar-refractivity contribution in [1.29, 1.82) is 0 Å². The van der Waals surface area contributed by atoms with Crippen molar-refractivity contribution in [3.8, 4) is 0 Å². The van der Waals surface area contributed by atoms with E-state index in [1.165, 1.54) is 35.9 Å². The summed E-state index contributed by atoms with van der Waals surface area (Å²) < 4.78 is 2.18. The maximum Gasteiger partial charge on any atom is 0.0845 e. The van der Waals surface area contributed by atoms with Crippen LogP contribution in [0.4, 0.5) is 0 Å². The van der Waals surface area contributed by atoms with Gasteiger partial charge in [0.05, 0.1) is 23.2 Å². The maximum atomic E-state index is 10.5. The molecule has 0 spiro atoms. The number of para-hydroxylation sites is 1. The molecule has 22 heavy (non-hydrogen) atoms. The number of fused-ring (bicyclic) bond motifs is 1. The molecule has 120 valence electrons. The minimum atomic E-state index is -0.358. The minimum absolute atomic E-state index is 0.358. The number of aromatic nitrogens is 1. The number of piperidine rings is 1. The summed E-state index contributed by atoms with van der Waals surface area (Å²) in [6, 6.07) is 6.03. The van der Waals surface area contributed by atoms with Crippen molar-refractivity contribution in [3.63, 3.8) is 0 Å². The van der Waals surface area contributed by atoms with Crippen molar-refractivity contribution in [2.24, 2.45) is 0 Å². The predicted molar refractivity (Wildman–Crippen MR) is 92.7 cm³/mol. The fourth-order valence-corrected chi connectivity index (χ4v) is 3.87. The number of likely N-dealkylation sites (tertiary alicyclic amines) is 1. The quantitative estimate of drug-likeness (QED) is 0.929. The lowest BCUT2D eigenvalue weighted by molar-refractivity contribution is 0.0888. The second-order valence-electron chi connectivity index (χ2n) is 6.47. The van der Waals surface area contributed by atoms with Crippen molar-refractivity contribution in [1.82, 2.24) is 9.47 Å². The summed E-state index contributed by atoms with van der Waals surface area (Å²) in [5.74, 6) is 0. The molecule has 1 aromatic heterocycles. The van der Waals surface area contributed by atoms with E-state index < -0.39 is 0 Å². The highest BCUT2D eigenvalue weighted by atomic mass is 35.5. The number of aryl methyl sites for hydroxylation is 1. The van der Waals surface area contributed by atoms with E-state index in [0.717, 1.165) is 30.2 Å². The lowest BCUT2D eigenvalue weighted by Crippen LogP contribution is -2.38. The molecule has 4 heteroatoms. The normalized spacial score (nSPS) is 18.0. The Balaban J connectivity index is 1.82. The van der Waals surface area contributed by atoms with Crippen LogP contribution in [0.1, 0.15) is 30.5 Å². The Bertz CT molecular complexity index is 659. The average Bonchev–Trinajstić information content (AvgIpc) is 2.75. The van der Waals surface area contributed by atoms with Crippen LogP contribution in [0.2, 0.25) is 5.02 Å². The lowest BCUT2D eigenvalue weighted by Gasteiger charge is -2.29. The highest BCUT2D eigenvalue weighted by molar-refractivity contribution is 6.35. The van der Waals surface area contributed by atoms with Gasteiger partial charge in [0.25, 0.3) is 0 Å². The summed E-state index contributed by atoms with van der Waals surface area (Å²) in [6.07, 6.45) is 3.47. The van der Waals surface area contributed by atoms with E-state index in [-0.39, 0.29) is 6.10 Å². The van der Waals surface area contributed by atoms with Crippen molar-refractivity contribution < 1.29 is 5.11 Å². The fraction of sp³-hybridized carbons (Fsp3) is 0.556. The molecule has 2 heterocycles. The number of aliphatic hydroxyl groups excluding tert-OH is 1. The molecule has 1 aromatic carbocycles. The number of β-amino-alcohol motifs (C(OH)–C–C–N with tert-alkyl or cyclic N) is 1. The predicted octanol–water partition coefficient (Wildman–Crippen LogP) is 3.76. The van der Waals surface area contributed by atoms with Gasteiger partial charge in [0.2, 0.25) is 0 Å². The number of benzene rings is 1. The Hall–Kier alpha value is -1.03. The second kappa shape index (κ2) is 6.61. The maximum absolute atomic E-state index is 10.5. The molecule has 0 radical (unpaired) electrons. The smallest absolute Gasteiger partial charge is 0.0845 e. The lowest BCUT2D eigenvalue weighted by atomic mass is 10.1. The van der Waals surface area contributed by atoms with Crippen molar-refractivity contribution >= 4 is 22.5 Å². The Morgan fingerprint density at radius 1 is 1.14 bits per heavy atom. The van der Waals surface area contributed by atoms with Gasteiger partial charge in [-0.25, -0.2) is 0 Å². The van der Waals surface area contributed by atoms with E-state index >= 15 is 0 Å². The molecular formula is C18H25ClN2O. The standard InChI is InChI=1S/C18H25ClN2O/c1-13-14(2)21(18-16(13)7-6-8-17(18)19)12-15(22)11-20-9-4-3-5-10-20/h6-8,15,22H,3-5,9-12H2,1-2H3. The number of aliphatic hydroxyl groups is 1. The second-order valence-corrected chi connectivity index (χ2v) is 6.88. The molecule has 0 aliphatic carbocycles. The zero-order valence-electron chi connectivity index (χ0n) is 13.5. The Kier molecular flexibility index (Phi) is 4.76. The van der Waals surface area contributed by atoms with E-state index in [4.69, 9.17) is 11.6 Å². The van der Waals surface area contributed by atoms with Crippen LogP contribution >= 0.6 is 11.6 Å². The number of hydrogen-bond acceptors (Lipinski definition) is 2. The molecule has 0 bridgehead atoms. The first-order chi connectivity index (χ1) is 10.6. The van der Waals surface area contributed by atoms with Gasteiger partial charge >= 0.3 is 0 Å². The molecule has 1 aliphatic rings. The number of hydrogen-bond donors (Lipinski definition) is 1. The van der Waals surface area contributed by atoms with Crippen LogP contribution in [0.5, 0.6) is 0 Å². The summed E-state index contributed by atoms with van der Waals surface area (Å²) in [5, 5.41) is 12.5. The SMILES string of the molecule is Cc1c(C)n(CC(O)CN2CCCCC2)c2c(Cl)cccc12. The monoisotopic (exact) mass is 320 g/mol. The van der Waals surface area contributed by atoms with Crippen LogP contribution in [-0.2, 0) is 6.54 Å². The van der Waals surface area contributed by atoms with Gasteiger partial charge in [-0.05, 0) is 51.4 Å². The zero-order chi connectivity index (χ0) is 15.7. The fourth-order valence-electron chi connectivity index (χ4n) is 3.59. The molecule has 1 saturated heterocycles. The third-order valence-electron chi connectivity index (χ3n) is 4.92. The van der Waals surface area contributed by atoms with E-state index in [9.17, 15) is 5.11 Å². The summed E-state index contributed by atoms with van der Waals surface area (Å²) >= 11 is 6.41. The summed E-state index contributed by atoms with van der Waals surface area (Å²) in [4.78, 5) is 2.38. The van der Waals surface area contributed by atoms with Gasteiger partial charge in [-0.2, -0.15) is 0 Å². The number of halogens is 1. The van der Waals surface area contributed by atoms with Gasteiger partial charge in [0.15, 0.2) is 0 Å². The van der Waals surface area contributed by atoms with Crippen LogP contribution in [-0.4, -0.2) is 40.3 Å². The summed E-state index contributed by atoms with van der Waals surface area (Å²) in [5.41, 5.74) is 3.50. The highest BCUT2D eigenvalue weighted by Crippen LogP contribution is 2.30. The van der Waals surface area contributed by atoms with Crippen LogP contribution in [0.25, 0.3) is 10.9 Å². The number of nitrogens with zero attached hydrogens (tertiary/aromatic N) is 2. The first-order valence-corrected chi connectivity index (χ1v) is 8.60. The molecule has 1 atom stereocenters. The molecular weight excluding hydrogens is 296 g/mol. The summed E-state index contributed by atoms with van der Waals surface area (Å²) in [6.45, 7) is 7.82. The largest absolute Gasteiger partial charge is 0.390 e. The topological polar surface area (TPSA) is 28.4 Å². The molecule has 3 nitrogen and oxygen atoms in total. The van der Waals surface area contributed by atoms with Gasteiger partial charge in [-0.1, -0.05) is 30.2 Å². The Morgan fingerprint density at radius 3 is 2.59 bits per heavy atom. The molecule has 0 saturated carbocycles. The molecule has 3 rings (SSSR count). The van der Waals surface area contributed by atoms with E-state index in [1.807, 2.05) is 12.1 Å². The molecule has 1 aliphatic heterocycles. The van der Waals surface area contributed by atoms with Crippen LogP contribution < -0.4 is 0 Å². The van der Waals surface area contributed by atoms with Crippen LogP contribution in [0, 0.1) is 13.8 Å². The Labute approximate surface area is 137 Å². The van der Waals surface area contributed by atoms with E-state index in [2.05, 4.69) is 29.4 Å². The highest BCUT2D eigenvalue weighted by Gasteiger charge is 2.19. The molecule has 1 unspecified atom stereocenters. The Morgan fingerprint density at radius 2 is 1.86 bits per heavy atom. The van der Waals surface area contributed by atoms with Crippen LogP contribution in [0.15, 0.2) is 18.2 Å². The molecule has 1 fully saturated rings. The van der Waals surface area contributed by atoms with Gasteiger partial charge in [-0.3, -0.25) is 0 Å². The molecule has 0 amide bonds. The van der Waals surface area contributed by atoms with Crippen molar-refractivity contribution in [2.75, 3.05) is 19.6 Å². The third-order valence-corrected chi connectivity index (χ3v) is 5.22. The van der Waals surface area contributed by atoms with Gasteiger partial charge in [-0.15, -0.1) is 0 Å². The van der Waals surface area contributed by atoms with Gasteiger partial charge in [0, 0.05) is 17.6 Å². The zero-order valence-corrected chi connectivity index (χ0v) is 14.2. The molecule has 1 N–H and O–H groups in total. The third kappa shape index (κ3) is 3.03. The van der Waals surface area contributed by atoms with E-state index in [0.29, 0.717) is 6.54 Å². The average molecular weight is 321 g/mol. The first kappa shape index (κ1) is 15.9. The summed E-state index contributed by atoms with van der Waals surface area (Å²) in [7, 11) is 0. The van der Waals surface area contributed by atoms with Gasteiger partial charge in [0.1, 0.15) is 0 Å². The first-order valence-electron chi connectivity index (χ1n) is 8.22. The van der Waals surface area contributed by atoms with E-state index in [1.54, 1.807) is 0 Å². The molecule has 2 aromatic rings. The van der Waals surface area contributed by atoms with Crippen molar-refractivity contribution in [2.45, 2.75) is 45.8 Å². The van der Waals surface area contributed by atoms with Gasteiger partial charge < -0.3 is 14.6 Å². The number of rotatable bonds is 4. The van der Waals surface area contributed by atoms with Crippen LogP contribution in [0.3, 0.4) is 0 Å². The van der Waals surface area contributed by atoms with Crippen molar-refractivity contribution in [3.05, 3.63) is 34.5 Å².